The van der Waals surface area contributed by atoms with E-state index >= 15 is 0 Å². The Bertz CT molecular complexity index is 164. The van der Waals surface area contributed by atoms with E-state index in [-0.39, 0.29) is 0 Å². The first-order valence-electron chi connectivity index (χ1n) is 4.95. The normalized spacial score (nSPS) is 19.8. The second-order valence-electron chi connectivity index (χ2n) is 3.58. The van der Waals surface area contributed by atoms with Crippen LogP contribution in [0.5, 0.6) is 0 Å². The van der Waals surface area contributed by atoms with Gasteiger partial charge in [-0.1, -0.05) is 0 Å². The average molecular weight is 201 g/mol. The highest BCUT2D eigenvalue weighted by Crippen LogP contribution is 2.07. The number of piperidine rings is 1. The van der Waals surface area contributed by atoms with Gasteiger partial charge in [-0.05, 0) is 52.1 Å². The molecule has 1 aliphatic rings. The predicted octanol–water partition coefficient (Wildman–Crippen LogP) is 0.565. The smallest absolute Gasteiger partial charge is 0.166 e. The number of rotatable bonds is 2. The van der Waals surface area contributed by atoms with Crippen LogP contribution in [0.2, 0.25) is 0 Å². The lowest BCUT2D eigenvalue weighted by molar-refractivity contribution is 0.246. The van der Waals surface area contributed by atoms with Crippen LogP contribution in [0.25, 0.3) is 0 Å². The standard InChI is InChI=1S/C9H19N3S/c1-3-10-9(13)11-8-4-6-12(2)7-5-8/h8H,3-7H2,1-2H3,(H2,10,11,13). The lowest BCUT2D eigenvalue weighted by Crippen LogP contribution is -2.46. The highest BCUT2D eigenvalue weighted by molar-refractivity contribution is 7.80. The lowest BCUT2D eigenvalue weighted by atomic mass is 10.1. The van der Waals surface area contributed by atoms with E-state index in [0.29, 0.717) is 6.04 Å². The van der Waals surface area contributed by atoms with Gasteiger partial charge in [-0.15, -0.1) is 0 Å². The summed E-state index contributed by atoms with van der Waals surface area (Å²) in [6.07, 6.45) is 2.39. The van der Waals surface area contributed by atoms with Gasteiger partial charge >= 0.3 is 0 Å². The highest BCUT2D eigenvalue weighted by atomic mass is 32.1. The molecule has 1 fully saturated rings. The van der Waals surface area contributed by atoms with Crippen LogP contribution in [0.15, 0.2) is 0 Å². The minimum atomic E-state index is 0.572. The van der Waals surface area contributed by atoms with Crippen LogP contribution >= 0.6 is 12.2 Å². The second kappa shape index (κ2) is 5.40. The summed E-state index contributed by atoms with van der Waals surface area (Å²) >= 11 is 5.13. The molecule has 2 N–H and O–H groups in total. The van der Waals surface area contributed by atoms with Gasteiger partial charge in [0.2, 0.25) is 0 Å². The van der Waals surface area contributed by atoms with Crippen LogP contribution < -0.4 is 10.6 Å². The molecule has 0 bridgehead atoms. The van der Waals surface area contributed by atoms with Gasteiger partial charge < -0.3 is 15.5 Å². The number of thiocarbonyl (C=S) groups is 1. The fourth-order valence-electron chi connectivity index (χ4n) is 1.55. The molecule has 0 aromatic rings. The van der Waals surface area contributed by atoms with Crippen molar-refractivity contribution in [2.75, 3.05) is 26.7 Å². The molecule has 1 heterocycles. The van der Waals surface area contributed by atoms with Gasteiger partial charge in [0.1, 0.15) is 0 Å². The van der Waals surface area contributed by atoms with Crippen molar-refractivity contribution in [3.8, 4) is 0 Å². The van der Waals surface area contributed by atoms with E-state index < -0.39 is 0 Å². The molecule has 0 unspecified atom stereocenters. The molecule has 1 aliphatic heterocycles. The maximum absolute atomic E-state index is 5.13. The topological polar surface area (TPSA) is 27.3 Å². The Balaban J connectivity index is 2.18. The zero-order valence-electron chi connectivity index (χ0n) is 8.47. The summed E-state index contributed by atoms with van der Waals surface area (Å²) in [6, 6.07) is 0.572. The van der Waals surface area contributed by atoms with E-state index in [1.165, 1.54) is 25.9 Å². The molecule has 0 saturated carbocycles. The van der Waals surface area contributed by atoms with Crippen LogP contribution in [0, 0.1) is 0 Å². The highest BCUT2D eigenvalue weighted by Gasteiger charge is 2.16. The Morgan fingerprint density at radius 3 is 2.62 bits per heavy atom. The van der Waals surface area contributed by atoms with E-state index in [1.807, 2.05) is 0 Å². The second-order valence-corrected chi connectivity index (χ2v) is 3.99. The SMILES string of the molecule is CCNC(=S)NC1CCN(C)CC1. The summed E-state index contributed by atoms with van der Waals surface area (Å²) in [4.78, 5) is 2.36. The van der Waals surface area contributed by atoms with E-state index in [1.54, 1.807) is 0 Å². The Hall–Kier alpha value is -0.350. The molecule has 76 valence electrons. The zero-order chi connectivity index (χ0) is 9.68. The quantitative estimate of drug-likeness (QED) is 0.639. The van der Waals surface area contributed by atoms with E-state index in [4.69, 9.17) is 12.2 Å². The van der Waals surface area contributed by atoms with Crippen LogP contribution in [-0.2, 0) is 0 Å². The number of nitrogens with one attached hydrogen (secondary N) is 2. The number of hydrogen-bond acceptors (Lipinski definition) is 2. The van der Waals surface area contributed by atoms with Crippen molar-refractivity contribution >= 4 is 17.3 Å². The van der Waals surface area contributed by atoms with Gasteiger partial charge in [-0.3, -0.25) is 0 Å². The molecule has 13 heavy (non-hydrogen) atoms. The summed E-state index contributed by atoms with van der Waals surface area (Å²) in [7, 11) is 2.17. The van der Waals surface area contributed by atoms with Gasteiger partial charge in [0.15, 0.2) is 5.11 Å². The van der Waals surface area contributed by atoms with E-state index in [9.17, 15) is 0 Å². The van der Waals surface area contributed by atoms with Crippen molar-refractivity contribution in [3.05, 3.63) is 0 Å². The lowest BCUT2D eigenvalue weighted by Gasteiger charge is -2.30. The van der Waals surface area contributed by atoms with Crippen molar-refractivity contribution in [2.45, 2.75) is 25.8 Å². The molecular formula is C9H19N3S. The van der Waals surface area contributed by atoms with Gasteiger partial charge in [0.25, 0.3) is 0 Å². The maximum Gasteiger partial charge on any atom is 0.166 e. The summed E-state index contributed by atoms with van der Waals surface area (Å²) in [5.74, 6) is 0. The molecule has 1 rings (SSSR count). The average Bonchev–Trinajstić information content (AvgIpc) is 2.09. The number of likely N-dealkylation sites (tertiary alicyclic amines) is 1. The van der Waals surface area contributed by atoms with E-state index in [0.717, 1.165) is 11.7 Å². The van der Waals surface area contributed by atoms with Crippen molar-refractivity contribution in [2.24, 2.45) is 0 Å². The Labute approximate surface area is 85.9 Å². The van der Waals surface area contributed by atoms with Crippen LogP contribution in [0.3, 0.4) is 0 Å². The molecule has 0 spiro atoms. The summed E-state index contributed by atoms with van der Waals surface area (Å²) in [5, 5.41) is 7.25. The zero-order valence-corrected chi connectivity index (χ0v) is 9.28. The molecule has 0 radical (unpaired) electrons. The van der Waals surface area contributed by atoms with Crippen molar-refractivity contribution < 1.29 is 0 Å². The molecule has 0 atom stereocenters. The summed E-state index contributed by atoms with van der Waals surface area (Å²) in [6.45, 7) is 5.31. The minimum Gasteiger partial charge on any atom is -0.363 e. The van der Waals surface area contributed by atoms with Crippen molar-refractivity contribution in [1.29, 1.82) is 0 Å². The molecule has 4 heteroatoms. The Morgan fingerprint density at radius 2 is 2.08 bits per heavy atom. The van der Waals surface area contributed by atoms with Gasteiger partial charge in [0.05, 0.1) is 0 Å². The van der Waals surface area contributed by atoms with Gasteiger partial charge in [-0.2, -0.15) is 0 Å². The third kappa shape index (κ3) is 3.91. The third-order valence-corrected chi connectivity index (χ3v) is 2.65. The first-order chi connectivity index (χ1) is 6.22. The fourth-order valence-corrected chi connectivity index (χ4v) is 1.86. The molecular weight excluding hydrogens is 182 g/mol. The van der Waals surface area contributed by atoms with Crippen LogP contribution in [-0.4, -0.2) is 42.7 Å². The first kappa shape index (κ1) is 10.7. The summed E-state index contributed by atoms with van der Waals surface area (Å²) in [5.41, 5.74) is 0. The number of nitrogens with zero attached hydrogens (tertiary/aromatic N) is 1. The first-order valence-corrected chi connectivity index (χ1v) is 5.36. The van der Waals surface area contributed by atoms with Crippen LogP contribution in [0.1, 0.15) is 19.8 Å². The molecule has 1 saturated heterocycles. The van der Waals surface area contributed by atoms with Crippen LogP contribution in [0.4, 0.5) is 0 Å². The largest absolute Gasteiger partial charge is 0.363 e. The maximum atomic E-state index is 5.13. The minimum absolute atomic E-state index is 0.572. The fraction of sp³-hybridized carbons (Fsp3) is 0.889. The third-order valence-electron chi connectivity index (χ3n) is 2.39. The Kier molecular flexibility index (Phi) is 4.45. The summed E-state index contributed by atoms with van der Waals surface area (Å²) < 4.78 is 0. The monoisotopic (exact) mass is 201 g/mol. The molecule has 0 aliphatic carbocycles. The van der Waals surface area contributed by atoms with Gasteiger partial charge in [-0.25, -0.2) is 0 Å². The van der Waals surface area contributed by atoms with Gasteiger partial charge in [0, 0.05) is 12.6 Å². The molecule has 3 nitrogen and oxygen atoms in total. The molecule has 0 amide bonds. The Morgan fingerprint density at radius 1 is 1.46 bits per heavy atom. The van der Waals surface area contributed by atoms with Crippen molar-refractivity contribution in [3.63, 3.8) is 0 Å². The molecule has 0 aromatic carbocycles. The van der Waals surface area contributed by atoms with E-state index in [2.05, 4.69) is 29.5 Å². The predicted molar refractivity (Wildman–Crippen MR) is 59.9 cm³/mol. The van der Waals surface area contributed by atoms with Crippen molar-refractivity contribution in [1.82, 2.24) is 15.5 Å². The molecule has 0 aromatic heterocycles. The number of hydrogen-bond donors (Lipinski definition) is 2.